The van der Waals surface area contributed by atoms with Gasteiger partial charge in [-0.25, -0.2) is 4.98 Å². The van der Waals surface area contributed by atoms with Crippen LogP contribution < -0.4 is 15.4 Å². The number of aliphatic imine (C=N–C) groups is 1. The van der Waals surface area contributed by atoms with Crippen LogP contribution in [0.25, 0.3) is 0 Å². The second kappa shape index (κ2) is 9.32. The van der Waals surface area contributed by atoms with Crippen molar-refractivity contribution in [1.29, 1.82) is 0 Å². The maximum atomic E-state index is 5.94. The molecule has 0 aliphatic rings. The molecule has 25 heavy (non-hydrogen) atoms. The molecule has 136 valence electrons. The van der Waals surface area contributed by atoms with E-state index in [1.807, 2.05) is 39.0 Å². The third-order valence-electron chi connectivity index (χ3n) is 3.71. The number of aryl methyl sites for hydroxylation is 3. The second-order valence-corrected chi connectivity index (χ2v) is 6.15. The van der Waals surface area contributed by atoms with Gasteiger partial charge in [-0.05, 0) is 51.0 Å². The summed E-state index contributed by atoms with van der Waals surface area (Å²) >= 11 is 5.94. The number of aromatic nitrogens is 1. The van der Waals surface area contributed by atoms with Gasteiger partial charge in [0.2, 0.25) is 5.89 Å². The summed E-state index contributed by atoms with van der Waals surface area (Å²) in [6.07, 6.45) is 0.847. The van der Waals surface area contributed by atoms with Crippen LogP contribution in [0.15, 0.2) is 27.6 Å². The molecule has 0 fully saturated rings. The van der Waals surface area contributed by atoms with Crippen LogP contribution in [0, 0.1) is 20.8 Å². The van der Waals surface area contributed by atoms with Crippen LogP contribution in [-0.2, 0) is 6.54 Å². The van der Waals surface area contributed by atoms with Crippen molar-refractivity contribution in [1.82, 2.24) is 15.6 Å². The summed E-state index contributed by atoms with van der Waals surface area (Å²) in [4.78, 5) is 8.51. The fourth-order valence-corrected chi connectivity index (χ4v) is 2.46. The Labute approximate surface area is 153 Å². The molecule has 1 aromatic heterocycles. The van der Waals surface area contributed by atoms with Crippen LogP contribution in [0.1, 0.15) is 29.3 Å². The highest BCUT2D eigenvalue weighted by Gasteiger charge is 2.06. The summed E-state index contributed by atoms with van der Waals surface area (Å²) in [5.74, 6) is 3.06. The van der Waals surface area contributed by atoms with Gasteiger partial charge in [0.1, 0.15) is 11.5 Å². The van der Waals surface area contributed by atoms with E-state index < -0.39 is 0 Å². The SMILES string of the molecule is CN=C(NCCCOc1ccc(Cl)cc1C)NCc1nc(C)c(C)o1. The highest BCUT2D eigenvalue weighted by atomic mass is 35.5. The monoisotopic (exact) mass is 364 g/mol. The minimum Gasteiger partial charge on any atom is -0.493 e. The van der Waals surface area contributed by atoms with Gasteiger partial charge in [-0.1, -0.05) is 11.6 Å². The molecule has 0 unspecified atom stereocenters. The van der Waals surface area contributed by atoms with E-state index in [0.717, 1.165) is 40.8 Å². The first-order valence-electron chi connectivity index (χ1n) is 8.26. The predicted molar refractivity (Wildman–Crippen MR) is 100 cm³/mol. The molecule has 0 spiro atoms. The number of guanidine groups is 1. The largest absolute Gasteiger partial charge is 0.493 e. The normalized spacial score (nSPS) is 11.5. The van der Waals surface area contributed by atoms with E-state index in [1.54, 1.807) is 7.05 Å². The quantitative estimate of drug-likeness (QED) is 0.447. The molecule has 1 aromatic carbocycles. The Kier molecular flexibility index (Phi) is 7.13. The van der Waals surface area contributed by atoms with Crippen molar-refractivity contribution in [2.75, 3.05) is 20.2 Å². The van der Waals surface area contributed by atoms with Crippen LogP contribution >= 0.6 is 11.6 Å². The van der Waals surface area contributed by atoms with E-state index >= 15 is 0 Å². The van der Waals surface area contributed by atoms with Crippen LogP contribution in [0.4, 0.5) is 0 Å². The zero-order valence-corrected chi connectivity index (χ0v) is 15.9. The highest BCUT2D eigenvalue weighted by Crippen LogP contribution is 2.21. The molecule has 0 aliphatic heterocycles. The minimum absolute atomic E-state index is 0.495. The lowest BCUT2D eigenvalue weighted by Crippen LogP contribution is -2.37. The van der Waals surface area contributed by atoms with Gasteiger partial charge in [-0.15, -0.1) is 0 Å². The van der Waals surface area contributed by atoms with E-state index in [4.69, 9.17) is 20.8 Å². The molecule has 0 saturated heterocycles. The van der Waals surface area contributed by atoms with Crippen LogP contribution in [-0.4, -0.2) is 31.1 Å². The summed E-state index contributed by atoms with van der Waals surface area (Å²) in [6, 6.07) is 5.62. The third kappa shape index (κ3) is 5.98. The molecule has 7 heteroatoms. The number of nitrogens with one attached hydrogen (secondary N) is 2. The van der Waals surface area contributed by atoms with E-state index in [0.29, 0.717) is 25.0 Å². The number of benzene rings is 1. The maximum absolute atomic E-state index is 5.94. The Hall–Kier alpha value is -2.21. The van der Waals surface area contributed by atoms with Crippen molar-refractivity contribution in [3.05, 3.63) is 46.1 Å². The molecule has 0 atom stereocenters. The average molecular weight is 365 g/mol. The van der Waals surface area contributed by atoms with Crippen molar-refractivity contribution >= 4 is 17.6 Å². The molecule has 0 aliphatic carbocycles. The minimum atomic E-state index is 0.495. The molecule has 1 heterocycles. The molecule has 6 nitrogen and oxygen atoms in total. The number of hydrogen-bond donors (Lipinski definition) is 2. The number of nitrogens with zero attached hydrogens (tertiary/aromatic N) is 2. The number of oxazole rings is 1. The molecule has 0 radical (unpaired) electrons. The van der Waals surface area contributed by atoms with Crippen LogP contribution in [0.3, 0.4) is 0 Å². The first-order chi connectivity index (χ1) is 12.0. The Balaban J connectivity index is 1.67. The number of halogens is 1. The van der Waals surface area contributed by atoms with E-state index in [-0.39, 0.29) is 0 Å². The number of ether oxygens (including phenoxy) is 1. The molecule has 0 saturated carbocycles. The fraction of sp³-hybridized carbons (Fsp3) is 0.444. The lowest BCUT2D eigenvalue weighted by molar-refractivity contribution is 0.309. The van der Waals surface area contributed by atoms with Crippen molar-refractivity contribution in [2.24, 2.45) is 4.99 Å². The molecule has 0 amide bonds. The molecule has 2 rings (SSSR count). The van der Waals surface area contributed by atoms with Crippen LogP contribution in [0.2, 0.25) is 5.02 Å². The summed E-state index contributed by atoms with van der Waals surface area (Å²) in [5.41, 5.74) is 1.95. The lowest BCUT2D eigenvalue weighted by Gasteiger charge is -2.12. The molecule has 0 bridgehead atoms. The first-order valence-corrected chi connectivity index (χ1v) is 8.63. The first kappa shape index (κ1) is 19.1. The maximum Gasteiger partial charge on any atom is 0.214 e. The van der Waals surface area contributed by atoms with Gasteiger partial charge in [-0.2, -0.15) is 0 Å². The van der Waals surface area contributed by atoms with Gasteiger partial charge < -0.3 is 19.8 Å². The Morgan fingerprint density at radius 1 is 1.28 bits per heavy atom. The smallest absolute Gasteiger partial charge is 0.214 e. The van der Waals surface area contributed by atoms with Crippen LogP contribution in [0.5, 0.6) is 5.75 Å². The Morgan fingerprint density at radius 3 is 2.72 bits per heavy atom. The van der Waals surface area contributed by atoms with E-state index in [2.05, 4.69) is 20.6 Å². The topological polar surface area (TPSA) is 71.7 Å². The molecule has 2 N–H and O–H groups in total. The summed E-state index contributed by atoms with van der Waals surface area (Å²) in [7, 11) is 1.73. The summed E-state index contributed by atoms with van der Waals surface area (Å²) < 4.78 is 11.3. The summed E-state index contributed by atoms with van der Waals surface area (Å²) in [5, 5.41) is 7.14. The third-order valence-corrected chi connectivity index (χ3v) is 3.95. The van der Waals surface area contributed by atoms with Crippen molar-refractivity contribution in [2.45, 2.75) is 33.7 Å². The number of hydrogen-bond acceptors (Lipinski definition) is 4. The summed E-state index contributed by atoms with van der Waals surface area (Å²) in [6.45, 7) is 7.67. The van der Waals surface area contributed by atoms with Crippen molar-refractivity contribution in [3.8, 4) is 5.75 Å². The molecular formula is C18H25ClN4O2. The Bertz CT molecular complexity index is 708. The van der Waals surface area contributed by atoms with E-state index in [9.17, 15) is 0 Å². The predicted octanol–water partition coefficient (Wildman–Crippen LogP) is 3.39. The van der Waals surface area contributed by atoms with E-state index in [1.165, 1.54) is 0 Å². The zero-order valence-electron chi connectivity index (χ0n) is 15.1. The van der Waals surface area contributed by atoms with Gasteiger partial charge in [0.25, 0.3) is 0 Å². The standard InChI is InChI=1S/C18H25ClN4O2/c1-12-10-15(19)6-7-16(12)24-9-5-8-21-18(20-4)22-11-17-23-13(2)14(3)25-17/h6-7,10H,5,8-9,11H2,1-4H3,(H2,20,21,22). The van der Waals surface area contributed by atoms with Gasteiger partial charge in [0.05, 0.1) is 18.8 Å². The second-order valence-electron chi connectivity index (χ2n) is 5.71. The average Bonchev–Trinajstić information content (AvgIpc) is 2.90. The molecular weight excluding hydrogens is 340 g/mol. The fourth-order valence-electron chi connectivity index (χ4n) is 2.23. The van der Waals surface area contributed by atoms with Gasteiger partial charge in [0, 0.05) is 18.6 Å². The van der Waals surface area contributed by atoms with Gasteiger partial charge >= 0.3 is 0 Å². The Morgan fingerprint density at radius 2 is 2.08 bits per heavy atom. The number of rotatable bonds is 7. The lowest BCUT2D eigenvalue weighted by atomic mass is 10.2. The highest BCUT2D eigenvalue weighted by molar-refractivity contribution is 6.30. The van der Waals surface area contributed by atoms with Gasteiger partial charge in [0.15, 0.2) is 5.96 Å². The molecule has 2 aromatic rings. The van der Waals surface area contributed by atoms with Gasteiger partial charge in [-0.3, -0.25) is 4.99 Å². The van der Waals surface area contributed by atoms with Crippen molar-refractivity contribution < 1.29 is 9.15 Å². The van der Waals surface area contributed by atoms with Crippen molar-refractivity contribution in [3.63, 3.8) is 0 Å². The zero-order chi connectivity index (χ0) is 18.2.